The number of rotatable bonds is 4. The molecule has 0 saturated carbocycles. The van der Waals surface area contributed by atoms with Crippen molar-refractivity contribution in [3.8, 4) is 5.75 Å². The van der Waals surface area contributed by atoms with Crippen LogP contribution < -0.4 is 10.1 Å². The van der Waals surface area contributed by atoms with Crippen molar-refractivity contribution in [3.63, 3.8) is 0 Å². The summed E-state index contributed by atoms with van der Waals surface area (Å²) >= 11 is 0. The number of amides is 1. The Labute approximate surface area is 144 Å². The monoisotopic (exact) mass is 331 g/mol. The van der Waals surface area contributed by atoms with Crippen LogP contribution in [0.2, 0.25) is 0 Å². The van der Waals surface area contributed by atoms with Crippen LogP contribution in [0.5, 0.6) is 5.75 Å². The van der Waals surface area contributed by atoms with Crippen LogP contribution in [0.3, 0.4) is 0 Å². The number of carbonyl (C=O) groups excluding carboxylic acids is 1. The fourth-order valence-electron chi connectivity index (χ4n) is 2.95. The summed E-state index contributed by atoms with van der Waals surface area (Å²) < 4.78 is 7.44. The van der Waals surface area contributed by atoms with E-state index in [4.69, 9.17) is 4.74 Å². The minimum Gasteiger partial charge on any atom is -0.493 e. The molecule has 0 atom stereocenters. The number of aromatic nitrogens is 2. The third kappa shape index (κ3) is 2.80. The molecule has 0 fully saturated rings. The summed E-state index contributed by atoms with van der Waals surface area (Å²) in [6, 6.07) is 17.2. The summed E-state index contributed by atoms with van der Waals surface area (Å²) in [6.45, 7) is 2.41. The lowest BCUT2D eigenvalue weighted by Gasteiger charge is -2.13. The smallest absolute Gasteiger partial charge is 0.260 e. The van der Waals surface area contributed by atoms with Crippen LogP contribution >= 0.6 is 0 Å². The molecule has 0 radical (unpaired) electrons. The van der Waals surface area contributed by atoms with Gasteiger partial charge in [-0.3, -0.25) is 4.79 Å². The van der Waals surface area contributed by atoms with Gasteiger partial charge in [-0.25, -0.2) is 4.52 Å². The average molecular weight is 331 g/mol. The minimum absolute atomic E-state index is 0.191. The molecule has 2 aromatic carbocycles. The molecule has 5 heteroatoms. The maximum absolute atomic E-state index is 13.0. The van der Waals surface area contributed by atoms with Crippen LogP contribution in [0.1, 0.15) is 17.3 Å². The molecule has 4 rings (SSSR count). The van der Waals surface area contributed by atoms with Gasteiger partial charge in [-0.15, -0.1) is 0 Å². The van der Waals surface area contributed by atoms with E-state index in [0.29, 0.717) is 23.6 Å². The molecular formula is C20H17N3O2. The van der Waals surface area contributed by atoms with E-state index in [2.05, 4.69) is 10.4 Å². The molecular weight excluding hydrogens is 314 g/mol. The summed E-state index contributed by atoms with van der Waals surface area (Å²) in [5.74, 6) is 0.397. The topological polar surface area (TPSA) is 55.6 Å². The molecule has 0 aliphatic heterocycles. The fraction of sp³-hybridized carbons (Fsp3) is 0.100. The molecule has 2 heterocycles. The van der Waals surface area contributed by atoms with Gasteiger partial charge in [0.1, 0.15) is 5.75 Å². The number of nitrogens with one attached hydrogen (secondary N) is 1. The first kappa shape index (κ1) is 15.2. The number of benzene rings is 2. The van der Waals surface area contributed by atoms with Gasteiger partial charge in [0.05, 0.1) is 17.7 Å². The molecule has 0 saturated heterocycles. The average Bonchev–Trinajstić information content (AvgIpc) is 3.09. The number of hydrogen-bond acceptors (Lipinski definition) is 3. The Balaban J connectivity index is 1.76. The Kier molecular flexibility index (Phi) is 3.82. The second-order valence-corrected chi connectivity index (χ2v) is 5.66. The van der Waals surface area contributed by atoms with E-state index in [1.807, 2.05) is 67.7 Å². The highest BCUT2D eigenvalue weighted by Gasteiger charge is 2.17. The van der Waals surface area contributed by atoms with E-state index in [1.165, 1.54) is 0 Å². The Morgan fingerprint density at radius 2 is 2.04 bits per heavy atom. The van der Waals surface area contributed by atoms with E-state index in [9.17, 15) is 4.79 Å². The highest BCUT2D eigenvalue weighted by Crippen LogP contribution is 2.29. The first-order chi connectivity index (χ1) is 12.3. The van der Waals surface area contributed by atoms with Gasteiger partial charge in [-0.05, 0) is 42.0 Å². The minimum atomic E-state index is -0.191. The molecule has 0 aliphatic rings. The quantitative estimate of drug-likeness (QED) is 0.611. The molecule has 0 aliphatic carbocycles. The number of carbonyl (C=O) groups is 1. The maximum Gasteiger partial charge on any atom is 0.260 e. The maximum atomic E-state index is 13.0. The largest absolute Gasteiger partial charge is 0.493 e. The Hall–Kier alpha value is -3.34. The second kappa shape index (κ2) is 6.28. The lowest BCUT2D eigenvalue weighted by Crippen LogP contribution is -2.14. The van der Waals surface area contributed by atoms with E-state index < -0.39 is 0 Å². The van der Waals surface area contributed by atoms with Crippen molar-refractivity contribution < 1.29 is 9.53 Å². The van der Waals surface area contributed by atoms with Gasteiger partial charge >= 0.3 is 0 Å². The van der Waals surface area contributed by atoms with Gasteiger partial charge in [0.15, 0.2) is 0 Å². The van der Waals surface area contributed by atoms with Gasteiger partial charge in [-0.2, -0.15) is 5.10 Å². The van der Waals surface area contributed by atoms with Crippen LogP contribution in [-0.4, -0.2) is 22.1 Å². The number of pyridine rings is 1. The highest BCUT2D eigenvalue weighted by molar-refractivity contribution is 6.15. The zero-order valence-corrected chi connectivity index (χ0v) is 13.8. The van der Waals surface area contributed by atoms with Crippen molar-refractivity contribution in [1.82, 2.24) is 9.61 Å². The molecule has 0 unspecified atom stereocenters. The molecule has 1 amide bonds. The van der Waals surface area contributed by atoms with Crippen molar-refractivity contribution in [1.29, 1.82) is 0 Å². The molecule has 0 spiro atoms. The Morgan fingerprint density at radius 1 is 1.16 bits per heavy atom. The molecule has 5 nitrogen and oxygen atoms in total. The predicted octanol–water partition coefficient (Wildman–Crippen LogP) is 4.14. The van der Waals surface area contributed by atoms with E-state index in [1.54, 1.807) is 10.7 Å². The van der Waals surface area contributed by atoms with Crippen molar-refractivity contribution >= 4 is 27.9 Å². The lowest BCUT2D eigenvalue weighted by atomic mass is 10.0. The van der Waals surface area contributed by atoms with E-state index in [0.717, 1.165) is 16.3 Å². The first-order valence-electron chi connectivity index (χ1n) is 8.15. The first-order valence-corrected chi connectivity index (χ1v) is 8.15. The number of nitrogens with zero attached hydrogens (tertiary/aromatic N) is 2. The molecule has 0 bridgehead atoms. The third-order valence-electron chi connectivity index (χ3n) is 4.08. The highest BCUT2D eigenvalue weighted by atomic mass is 16.5. The third-order valence-corrected chi connectivity index (χ3v) is 4.08. The van der Waals surface area contributed by atoms with Gasteiger partial charge in [-0.1, -0.05) is 30.3 Å². The molecule has 25 heavy (non-hydrogen) atoms. The van der Waals surface area contributed by atoms with Gasteiger partial charge in [0.2, 0.25) is 0 Å². The SMILES string of the molecule is CCOc1ccc2ccccc2c1C(=O)Nc1ccn2nccc2c1. The van der Waals surface area contributed by atoms with Crippen LogP contribution in [0.4, 0.5) is 5.69 Å². The molecule has 124 valence electrons. The van der Waals surface area contributed by atoms with Gasteiger partial charge < -0.3 is 10.1 Å². The van der Waals surface area contributed by atoms with Gasteiger partial charge in [0, 0.05) is 18.1 Å². The lowest BCUT2D eigenvalue weighted by molar-refractivity contribution is 0.102. The second-order valence-electron chi connectivity index (χ2n) is 5.66. The standard InChI is InChI=1S/C20H17N3O2/c1-2-25-18-8-7-14-5-3-4-6-17(14)19(18)20(24)22-15-10-12-23-16(13-15)9-11-21-23/h3-13H,2H2,1H3,(H,22,24). The normalized spacial score (nSPS) is 10.9. The number of hydrogen-bond donors (Lipinski definition) is 1. The van der Waals surface area contributed by atoms with Crippen LogP contribution in [0.25, 0.3) is 16.3 Å². The summed E-state index contributed by atoms with van der Waals surface area (Å²) in [5.41, 5.74) is 2.18. The molecule has 1 N–H and O–H groups in total. The van der Waals surface area contributed by atoms with Crippen molar-refractivity contribution in [2.45, 2.75) is 6.92 Å². The van der Waals surface area contributed by atoms with E-state index >= 15 is 0 Å². The van der Waals surface area contributed by atoms with E-state index in [-0.39, 0.29) is 5.91 Å². The number of fused-ring (bicyclic) bond motifs is 2. The van der Waals surface area contributed by atoms with Crippen LogP contribution in [0, 0.1) is 0 Å². The fourth-order valence-corrected chi connectivity index (χ4v) is 2.95. The zero-order chi connectivity index (χ0) is 17.2. The Bertz CT molecular complexity index is 1070. The zero-order valence-electron chi connectivity index (χ0n) is 13.8. The summed E-state index contributed by atoms with van der Waals surface area (Å²) in [5, 5.41) is 9.01. The van der Waals surface area contributed by atoms with Crippen molar-refractivity contribution in [2.75, 3.05) is 11.9 Å². The summed E-state index contributed by atoms with van der Waals surface area (Å²) in [4.78, 5) is 13.0. The summed E-state index contributed by atoms with van der Waals surface area (Å²) in [7, 11) is 0. The van der Waals surface area contributed by atoms with Crippen LogP contribution in [-0.2, 0) is 0 Å². The van der Waals surface area contributed by atoms with Crippen LogP contribution in [0.15, 0.2) is 67.0 Å². The molecule has 2 aromatic heterocycles. The number of anilines is 1. The summed E-state index contributed by atoms with van der Waals surface area (Å²) in [6.07, 6.45) is 3.54. The number of ether oxygens (including phenoxy) is 1. The Morgan fingerprint density at radius 3 is 2.92 bits per heavy atom. The van der Waals surface area contributed by atoms with Crippen molar-refractivity contribution in [2.24, 2.45) is 0 Å². The van der Waals surface area contributed by atoms with Gasteiger partial charge in [0.25, 0.3) is 5.91 Å². The molecule has 4 aromatic rings. The predicted molar refractivity (Wildman–Crippen MR) is 98.3 cm³/mol. The van der Waals surface area contributed by atoms with Crippen molar-refractivity contribution in [3.05, 3.63) is 72.6 Å².